The van der Waals surface area contributed by atoms with Crippen LogP contribution in [-0.4, -0.2) is 65.5 Å². The van der Waals surface area contributed by atoms with Gasteiger partial charge in [0.05, 0.1) is 49.2 Å². The molecule has 1 aliphatic rings. The summed E-state index contributed by atoms with van der Waals surface area (Å²) in [7, 11) is 1.66. The fourth-order valence-corrected chi connectivity index (χ4v) is 4.68. The second-order valence-corrected chi connectivity index (χ2v) is 8.77. The lowest BCUT2D eigenvalue weighted by molar-refractivity contribution is 0.0162. The van der Waals surface area contributed by atoms with Crippen LogP contribution in [0.4, 0.5) is 0 Å². The van der Waals surface area contributed by atoms with Crippen LogP contribution in [0.25, 0.3) is 22.3 Å². The molecular weight excluding hydrogens is 454 g/mol. The first kappa shape index (κ1) is 24.0. The highest BCUT2D eigenvalue weighted by molar-refractivity contribution is 6.06. The summed E-state index contributed by atoms with van der Waals surface area (Å²) in [6.45, 7) is 6.15. The Kier molecular flexibility index (Phi) is 7.25. The number of ether oxygens (including phenoxy) is 2. The number of pyridine rings is 1. The molecule has 1 atom stereocenters. The number of nitrogens with zero attached hydrogens (tertiary/aromatic N) is 4. The molecule has 1 aliphatic heterocycles. The average Bonchev–Trinajstić information content (AvgIpc) is 3.37. The molecule has 1 amide bonds. The average molecular weight is 486 g/mol. The van der Waals surface area contributed by atoms with Gasteiger partial charge in [0.25, 0.3) is 5.91 Å². The van der Waals surface area contributed by atoms with Gasteiger partial charge >= 0.3 is 0 Å². The quantitative estimate of drug-likeness (QED) is 0.407. The van der Waals surface area contributed by atoms with E-state index in [-0.39, 0.29) is 11.9 Å². The van der Waals surface area contributed by atoms with Crippen LogP contribution in [0.1, 0.15) is 28.9 Å². The number of hydrogen-bond donors (Lipinski definition) is 1. The van der Waals surface area contributed by atoms with E-state index in [2.05, 4.69) is 27.4 Å². The Morgan fingerprint density at radius 1 is 1.11 bits per heavy atom. The van der Waals surface area contributed by atoms with Crippen molar-refractivity contribution in [1.29, 1.82) is 0 Å². The number of amides is 1. The zero-order valence-corrected chi connectivity index (χ0v) is 20.7. The van der Waals surface area contributed by atoms with Crippen LogP contribution in [0, 0.1) is 0 Å². The fourth-order valence-electron chi connectivity index (χ4n) is 4.68. The second-order valence-electron chi connectivity index (χ2n) is 8.77. The highest BCUT2D eigenvalue weighted by atomic mass is 16.5. The van der Waals surface area contributed by atoms with Crippen molar-refractivity contribution >= 4 is 16.9 Å². The zero-order chi connectivity index (χ0) is 24.9. The van der Waals surface area contributed by atoms with E-state index < -0.39 is 0 Å². The molecule has 0 radical (unpaired) electrons. The molecule has 1 fully saturated rings. The van der Waals surface area contributed by atoms with Crippen LogP contribution in [0.2, 0.25) is 0 Å². The van der Waals surface area contributed by atoms with Gasteiger partial charge < -0.3 is 14.8 Å². The number of aryl methyl sites for hydroxylation is 1. The molecule has 4 aromatic rings. The molecule has 1 N–H and O–H groups in total. The number of hydrogen-bond acceptors (Lipinski definition) is 6. The molecule has 186 valence electrons. The van der Waals surface area contributed by atoms with E-state index in [1.807, 2.05) is 60.1 Å². The summed E-state index contributed by atoms with van der Waals surface area (Å²) in [5, 5.41) is 8.42. The van der Waals surface area contributed by atoms with E-state index in [4.69, 9.17) is 14.5 Å². The third-order valence-electron chi connectivity index (χ3n) is 6.67. The zero-order valence-electron chi connectivity index (χ0n) is 20.7. The standard InChI is InChI=1S/C28H31N5O3/c1-3-33-27-24(18-30-33)23(17-25(31-27)20-7-5-4-6-8-20)28(34)29-19-26(32-13-15-36-16-14-32)21-9-11-22(35-2)12-10-21/h4-12,17-18,26H,3,13-16,19H2,1-2H3,(H,29,34). The maximum Gasteiger partial charge on any atom is 0.252 e. The van der Waals surface area contributed by atoms with Gasteiger partial charge in [0, 0.05) is 31.7 Å². The molecule has 1 saturated heterocycles. The summed E-state index contributed by atoms with van der Waals surface area (Å²) in [5.41, 5.74) is 4.13. The topological polar surface area (TPSA) is 81.5 Å². The predicted molar refractivity (Wildman–Crippen MR) is 139 cm³/mol. The van der Waals surface area contributed by atoms with E-state index in [1.165, 1.54) is 0 Å². The van der Waals surface area contributed by atoms with Crippen molar-refractivity contribution in [2.45, 2.75) is 19.5 Å². The smallest absolute Gasteiger partial charge is 0.252 e. The van der Waals surface area contributed by atoms with Crippen molar-refractivity contribution in [2.75, 3.05) is 40.0 Å². The minimum absolute atomic E-state index is 0.0213. The third kappa shape index (κ3) is 4.96. The molecule has 5 rings (SSSR count). The first-order chi connectivity index (χ1) is 17.7. The third-order valence-corrected chi connectivity index (χ3v) is 6.67. The summed E-state index contributed by atoms with van der Waals surface area (Å²) >= 11 is 0. The molecule has 8 nitrogen and oxygen atoms in total. The van der Waals surface area contributed by atoms with Crippen LogP contribution >= 0.6 is 0 Å². The SMILES string of the molecule is CCn1ncc2c(C(=O)NCC(c3ccc(OC)cc3)N3CCOCC3)cc(-c3ccccc3)nc21. The van der Waals surface area contributed by atoms with E-state index in [0.29, 0.717) is 37.5 Å². The van der Waals surface area contributed by atoms with E-state index >= 15 is 0 Å². The lowest BCUT2D eigenvalue weighted by Gasteiger charge is -2.35. The number of benzene rings is 2. The Bertz CT molecular complexity index is 1310. The van der Waals surface area contributed by atoms with E-state index in [1.54, 1.807) is 13.3 Å². The fraction of sp³-hybridized carbons (Fsp3) is 0.321. The molecule has 8 heteroatoms. The van der Waals surface area contributed by atoms with Crippen molar-refractivity contribution < 1.29 is 14.3 Å². The van der Waals surface area contributed by atoms with Gasteiger partial charge in [-0.2, -0.15) is 5.10 Å². The van der Waals surface area contributed by atoms with Crippen molar-refractivity contribution in [2.24, 2.45) is 0 Å². The molecule has 0 aliphatic carbocycles. The Hall–Kier alpha value is -3.75. The molecule has 0 saturated carbocycles. The minimum atomic E-state index is -0.137. The maximum atomic E-state index is 13.6. The number of carbonyl (C=O) groups excluding carboxylic acids is 1. The van der Waals surface area contributed by atoms with Crippen molar-refractivity contribution in [3.05, 3.63) is 78.0 Å². The number of morpholine rings is 1. The predicted octanol–water partition coefficient (Wildman–Crippen LogP) is 3.93. The van der Waals surface area contributed by atoms with Crippen LogP contribution < -0.4 is 10.1 Å². The molecule has 2 aromatic heterocycles. The molecule has 0 bridgehead atoms. The second kappa shape index (κ2) is 10.9. The first-order valence-electron chi connectivity index (χ1n) is 12.3. The summed E-state index contributed by atoms with van der Waals surface area (Å²) < 4.78 is 12.7. The van der Waals surface area contributed by atoms with Crippen LogP contribution in [0.15, 0.2) is 66.9 Å². The van der Waals surface area contributed by atoms with Gasteiger partial charge in [-0.1, -0.05) is 42.5 Å². The monoisotopic (exact) mass is 485 g/mol. The Labute approximate surface area is 210 Å². The van der Waals surface area contributed by atoms with Gasteiger partial charge in [0.1, 0.15) is 5.75 Å². The molecule has 2 aromatic carbocycles. The summed E-state index contributed by atoms with van der Waals surface area (Å²) in [6.07, 6.45) is 1.73. The van der Waals surface area contributed by atoms with Crippen molar-refractivity contribution in [1.82, 2.24) is 25.0 Å². The van der Waals surface area contributed by atoms with Gasteiger partial charge in [-0.05, 0) is 30.7 Å². The summed E-state index contributed by atoms with van der Waals surface area (Å²) in [6, 6.07) is 19.9. The molecule has 1 unspecified atom stereocenters. The Morgan fingerprint density at radius 3 is 2.56 bits per heavy atom. The number of fused-ring (bicyclic) bond motifs is 1. The molecule has 3 heterocycles. The van der Waals surface area contributed by atoms with Crippen LogP contribution in [-0.2, 0) is 11.3 Å². The van der Waals surface area contributed by atoms with Crippen molar-refractivity contribution in [3.63, 3.8) is 0 Å². The van der Waals surface area contributed by atoms with Crippen LogP contribution in [0.5, 0.6) is 5.75 Å². The van der Waals surface area contributed by atoms with Gasteiger partial charge in [-0.25, -0.2) is 9.67 Å². The van der Waals surface area contributed by atoms with Crippen LogP contribution in [0.3, 0.4) is 0 Å². The van der Waals surface area contributed by atoms with E-state index in [9.17, 15) is 4.79 Å². The largest absolute Gasteiger partial charge is 0.497 e. The molecule has 0 spiro atoms. The molecular formula is C28H31N5O3. The lowest BCUT2D eigenvalue weighted by Crippen LogP contribution is -2.43. The normalized spacial score (nSPS) is 15.1. The highest BCUT2D eigenvalue weighted by Gasteiger charge is 2.24. The number of rotatable bonds is 8. The number of carbonyl (C=O) groups is 1. The van der Waals surface area contributed by atoms with Gasteiger partial charge in [0.15, 0.2) is 5.65 Å². The number of nitrogens with one attached hydrogen (secondary N) is 1. The first-order valence-corrected chi connectivity index (χ1v) is 12.3. The number of methoxy groups -OCH3 is 1. The van der Waals surface area contributed by atoms with Gasteiger partial charge in [0.2, 0.25) is 0 Å². The van der Waals surface area contributed by atoms with Crippen molar-refractivity contribution in [3.8, 4) is 17.0 Å². The summed E-state index contributed by atoms with van der Waals surface area (Å²) in [4.78, 5) is 20.8. The minimum Gasteiger partial charge on any atom is -0.497 e. The number of aromatic nitrogens is 3. The Morgan fingerprint density at radius 2 is 1.86 bits per heavy atom. The highest BCUT2D eigenvalue weighted by Crippen LogP contribution is 2.27. The Balaban J connectivity index is 1.45. The maximum absolute atomic E-state index is 13.6. The van der Waals surface area contributed by atoms with Gasteiger partial charge in [-0.3, -0.25) is 9.69 Å². The van der Waals surface area contributed by atoms with Gasteiger partial charge in [-0.15, -0.1) is 0 Å². The van der Waals surface area contributed by atoms with E-state index in [0.717, 1.165) is 41.0 Å². The molecule has 36 heavy (non-hydrogen) atoms. The lowest BCUT2D eigenvalue weighted by atomic mass is 10.0. The summed E-state index contributed by atoms with van der Waals surface area (Å²) in [5.74, 6) is 0.672.